The Balaban J connectivity index is 1.75. The highest BCUT2D eigenvalue weighted by atomic mass is 16.4. The van der Waals surface area contributed by atoms with Crippen molar-refractivity contribution in [3.05, 3.63) is 23.9 Å². The van der Waals surface area contributed by atoms with Crippen molar-refractivity contribution >= 4 is 17.8 Å². The number of aromatic nitrogens is 1. The molecule has 1 fully saturated rings. The number of anilines is 1. The van der Waals surface area contributed by atoms with Crippen LogP contribution in [0.4, 0.5) is 10.6 Å². The van der Waals surface area contributed by atoms with E-state index in [1.54, 1.807) is 6.07 Å². The molecule has 0 bridgehead atoms. The van der Waals surface area contributed by atoms with E-state index in [1.807, 2.05) is 12.1 Å². The molecule has 6 heteroatoms. The molecule has 0 aliphatic heterocycles. The zero-order valence-corrected chi connectivity index (χ0v) is 10.6. The molecular weight excluding hydrogens is 246 g/mol. The summed E-state index contributed by atoms with van der Waals surface area (Å²) in [4.78, 5) is 26.2. The van der Waals surface area contributed by atoms with E-state index in [2.05, 4.69) is 15.6 Å². The Morgan fingerprint density at radius 2 is 2.16 bits per heavy atom. The van der Waals surface area contributed by atoms with Gasteiger partial charge in [-0.2, -0.15) is 0 Å². The second-order valence-electron chi connectivity index (χ2n) is 4.60. The quantitative estimate of drug-likeness (QED) is 0.684. The van der Waals surface area contributed by atoms with Crippen LogP contribution in [0.1, 0.15) is 37.3 Å². The van der Waals surface area contributed by atoms with E-state index in [0.717, 1.165) is 18.5 Å². The molecule has 3 N–H and O–H groups in total. The maximum Gasteiger partial charge on any atom is 0.320 e. The molecular formula is C13H17N3O3. The second kappa shape index (κ2) is 6.17. The Bertz CT molecular complexity index is 472. The maximum atomic E-state index is 11.5. The molecule has 19 heavy (non-hydrogen) atoms. The number of carboxylic acids is 1. The van der Waals surface area contributed by atoms with E-state index < -0.39 is 5.97 Å². The zero-order valence-electron chi connectivity index (χ0n) is 10.6. The fourth-order valence-electron chi connectivity index (χ4n) is 1.73. The minimum atomic E-state index is -0.860. The largest absolute Gasteiger partial charge is 0.481 e. The number of aliphatic carboxylic acids is 1. The van der Waals surface area contributed by atoms with Crippen molar-refractivity contribution in [2.45, 2.75) is 31.6 Å². The van der Waals surface area contributed by atoms with E-state index in [0.29, 0.717) is 24.7 Å². The highest BCUT2D eigenvalue weighted by Gasteiger charge is 2.24. The first-order valence-electron chi connectivity index (χ1n) is 6.39. The fraction of sp³-hybridized carbons (Fsp3) is 0.462. The predicted molar refractivity (Wildman–Crippen MR) is 70.1 cm³/mol. The SMILES string of the molecule is O=C(O)CCCNC(=O)Nc1cccc(C2CC2)n1. The van der Waals surface area contributed by atoms with Crippen molar-refractivity contribution in [1.82, 2.24) is 10.3 Å². The van der Waals surface area contributed by atoms with Gasteiger partial charge >= 0.3 is 12.0 Å². The number of rotatable bonds is 6. The Hall–Kier alpha value is -2.11. The molecule has 0 atom stereocenters. The summed E-state index contributed by atoms with van der Waals surface area (Å²) in [6.45, 7) is 0.334. The average molecular weight is 263 g/mol. The zero-order chi connectivity index (χ0) is 13.7. The second-order valence-corrected chi connectivity index (χ2v) is 4.60. The summed E-state index contributed by atoms with van der Waals surface area (Å²) >= 11 is 0. The number of carbonyl (C=O) groups excluding carboxylic acids is 1. The van der Waals surface area contributed by atoms with E-state index in [4.69, 9.17) is 5.11 Å². The Labute approximate surface area is 111 Å². The van der Waals surface area contributed by atoms with Gasteiger partial charge in [0, 0.05) is 24.6 Å². The van der Waals surface area contributed by atoms with E-state index in [1.165, 1.54) is 0 Å². The van der Waals surface area contributed by atoms with Gasteiger partial charge in [-0.15, -0.1) is 0 Å². The maximum absolute atomic E-state index is 11.5. The third kappa shape index (κ3) is 4.57. The molecule has 102 valence electrons. The average Bonchev–Trinajstić information content (AvgIpc) is 3.19. The molecule has 0 radical (unpaired) electrons. The van der Waals surface area contributed by atoms with Gasteiger partial charge in [0.05, 0.1) is 0 Å². The van der Waals surface area contributed by atoms with Crippen molar-refractivity contribution in [3.63, 3.8) is 0 Å². The Kier molecular flexibility index (Phi) is 4.33. The summed E-state index contributed by atoms with van der Waals surface area (Å²) in [5.74, 6) is 0.210. The summed E-state index contributed by atoms with van der Waals surface area (Å²) in [7, 11) is 0. The van der Waals surface area contributed by atoms with Crippen molar-refractivity contribution in [2.24, 2.45) is 0 Å². The first-order chi connectivity index (χ1) is 9.15. The summed E-state index contributed by atoms with van der Waals surface area (Å²) in [5.41, 5.74) is 1.02. The molecule has 2 amide bonds. The Morgan fingerprint density at radius 1 is 1.37 bits per heavy atom. The summed E-state index contributed by atoms with van der Waals surface area (Å²) < 4.78 is 0. The number of pyridine rings is 1. The van der Waals surface area contributed by atoms with Crippen molar-refractivity contribution in [1.29, 1.82) is 0 Å². The molecule has 1 aliphatic carbocycles. The third-order valence-electron chi connectivity index (χ3n) is 2.86. The number of carbonyl (C=O) groups is 2. The van der Waals surface area contributed by atoms with Gasteiger partial charge in [-0.25, -0.2) is 9.78 Å². The normalized spacial score (nSPS) is 13.9. The lowest BCUT2D eigenvalue weighted by molar-refractivity contribution is -0.137. The topological polar surface area (TPSA) is 91.3 Å². The molecule has 1 aromatic heterocycles. The third-order valence-corrected chi connectivity index (χ3v) is 2.86. The minimum Gasteiger partial charge on any atom is -0.481 e. The number of nitrogens with zero attached hydrogens (tertiary/aromatic N) is 1. The molecule has 0 spiro atoms. The monoisotopic (exact) mass is 263 g/mol. The molecule has 1 aliphatic rings. The number of nitrogens with one attached hydrogen (secondary N) is 2. The van der Waals surface area contributed by atoms with Gasteiger partial charge in [-0.1, -0.05) is 6.07 Å². The molecule has 0 aromatic carbocycles. The molecule has 2 rings (SSSR count). The van der Waals surface area contributed by atoms with Crippen LogP contribution in [0.15, 0.2) is 18.2 Å². The molecule has 6 nitrogen and oxygen atoms in total. The van der Waals surface area contributed by atoms with Crippen LogP contribution in [0.25, 0.3) is 0 Å². The van der Waals surface area contributed by atoms with Crippen LogP contribution < -0.4 is 10.6 Å². The van der Waals surface area contributed by atoms with Gasteiger partial charge in [0.2, 0.25) is 0 Å². The van der Waals surface area contributed by atoms with Crippen LogP contribution in [0.3, 0.4) is 0 Å². The number of amides is 2. The van der Waals surface area contributed by atoms with Crippen LogP contribution >= 0.6 is 0 Å². The summed E-state index contributed by atoms with van der Waals surface area (Å²) in [5, 5.41) is 13.7. The highest BCUT2D eigenvalue weighted by molar-refractivity contribution is 5.88. The lowest BCUT2D eigenvalue weighted by atomic mass is 10.2. The number of urea groups is 1. The van der Waals surface area contributed by atoms with Crippen LogP contribution in [0.5, 0.6) is 0 Å². The van der Waals surface area contributed by atoms with Crippen LogP contribution in [0.2, 0.25) is 0 Å². The van der Waals surface area contributed by atoms with Crippen molar-refractivity contribution < 1.29 is 14.7 Å². The van der Waals surface area contributed by atoms with Gasteiger partial charge in [-0.05, 0) is 31.4 Å². The molecule has 1 saturated carbocycles. The molecule has 1 aromatic rings. The summed E-state index contributed by atoms with van der Waals surface area (Å²) in [6.07, 6.45) is 2.80. The van der Waals surface area contributed by atoms with Gasteiger partial charge in [-0.3, -0.25) is 10.1 Å². The highest BCUT2D eigenvalue weighted by Crippen LogP contribution is 2.39. The standard InChI is InChI=1S/C13H17N3O3/c17-12(18)5-2-8-14-13(19)16-11-4-1-3-10(15-11)9-6-7-9/h1,3-4,9H,2,5-8H2,(H,17,18)(H2,14,15,16,19). The van der Waals surface area contributed by atoms with Gasteiger partial charge in [0.15, 0.2) is 0 Å². The van der Waals surface area contributed by atoms with Gasteiger partial charge in [0.1, 0.15) is 5.82 Å². The van der Waals surface area contributed by atoms with E-state index in [-0.39, 0.29) is 12.5 Å². The van der Waals surface area contributed by atoms with Crippen molar-refractivity contribution in [2.75, 3.05) is 11.9 Å². The number of carboxylic acid groups (broad SMARTS) is 1. The predicted octanol–water partition coefficient (Wildman–Crippen LogP) is 1.95. The van der Waals surface area contributed by atoms with Gasteiger partial charge < -0.3 is 10.4 Å². The van der Waals surface area contributed by atoms with Crippen LogP contribution in [-0.4, -0.2) is 28.6 Å². The smallest absolute Gasteiger partial charge is 0.320 e. The van der Waals surface area contributed by atoms with Crippen LogP contribution in [0, 0.1) is 0 Å². The first kappa shape index (κ1) is 13.3. The fourth-order valence-corrected chi connectivity index (χ4v) is 1.73. The van der Waals surface area contributed by atoms with E-state index >= 15 is 0 Å². The van der Waals surface area contributed by atoms with Crippen molar-refractivity contribution in [3.8, 4) is 0 Å². The van der Waals surface area contributed by atoms with Gasteiger partial charge in [0.25, 0.3) is 0 Å². The number of hydrogen-bond acceptors (Lipinski definition) is 3. The minimum absolute atomic E-state index is 0.0513. The molecule has 0 unspecified atom stereocenters. The molecule has 1 heterocycles. The first-order valence-corrected chi connectivity index (χ1v) is 6.39. The summed E-state index contributed by atoms with van der Waals surface area (Å²) in [6, 6.07) is 5.22. The molecule has 0 saturated heterocycles. The lowest BCUT2D eigenvalue weighted by Gasteiger charge is -2.07. The van der Waals surface area contributed by atoms with Crippen LogP contribution in [-0.2, 0) is 4.79 Å². The van der Waals surface area contributed by atoms with E-state index in [9.17, 15) is 9.59 Å². The Morgan fingerprint density at radius 3 is 2.84 bits per heavy atom. The lowest BCUT2D eigenvalue weighted by Crippen LogP contribution is -2.30. The number of hydrogen-bond donors (Lipinski definition) is 3.